The maximum Gasteiger partial charge on any atom is 0.231 e. The molecule has 1 heterocycles. The van der Waals surface area contributed by atoms with Crippen molar-refractivity contribution in [3.05, 3.63) is 52.2 Å². The Hall–Kier alpha value is -2.73. The number of carbonyl (C=O) groups is 2. The second kappa shape index (κ2) is 10.1. The van der Waals surface area contributed by atoms with Gasteiger partial charge in [-0.3, -0.25) is 14.9 Å². The average molecular weight is 443 g/mol. The Bertz CT molecular complexity index is 980. The van der Waals surface area contributed by atoms with Crippen molar-refractivity contribution in [3.8, 4) is 0 Å². The summed E-state index contributed by atoms with van der Waals surface area (Å²) in [7, 11) is 0. The van der Waals surface area contributed by atoms with Crippen molar-refractivity contribution in [2.24, 2.45) is 11.8 Å². The minimum Gasteiger partial charge on any atom is -0.310 e. The molecule has 2 N–H and O–H groups in total. The maximum atomic E-state index is 12.4. The Morgan fingerprint density at radius 3 is 2.06 bits per heavy atom. The Kier molecular flexibility index (Phi) is 7.96. The van der Waals surface area contributed by atoms with Crippen LogP contribution in [0.3, 0.4) is 0 Å². The molecule has 2 rings (SSSR count). The number of nitrogens with one attached hydrogen (secondary N) is 2. The molecule has 0 bridgehead atoms. The largest absolute Gasteiger partial charge is 0.310 e. The first kappa shape index (κ1) is 24.5. The molecule has 1 aromatic heterocycles. The van der Waals surface area contributed by atoms with E-state index in [2.05, 4.69) is 34.4 Å². The number of anilines is 2. The lowest BCUT2D eigenvalue weighted by molar-refractivity contribution is -0.119. The van der Waals surface area contributed by atoms with E-state index in [0.29, 0.717) is 22.1 Å². The summed E-state index contributed by atoms with van der Waals surface area (Å²) in [6.45, 7) is 13.2. The molecule has 0 saturated carbocycles. The van der Waals surface area contributed by atoms with Crippen LogP contribution in [-0.2, 0) is 15.0 Å². The number of hydrogen-bond donors (Lipinski definition) is 2. The number of carbonyl (C=O) groups excluding carboxylic acids is 2. The number of aromatic nitrogens is 2. The topological polar surface area (TPSA) is 84.0 Å². The fraction of sp³-hybridized carbons (Fsp3) is 0.417. The average Bonchev–Trinajstić information content (AvgIpc) is 2.67. The molecule has 2 amide bonds. The molecule has 6 nitrogen and oxygen atoms in total. The lowest BCUT2D eigenvalue weighted by atomic mass is 9.84. The summed E-state index contributed by atoms with van der Waals surface area (Å²) in [6.07, 6.45) is 3.95. The van der Waals surface area contributed by atoms with E-state index in [4.69, 9.17) is 11.6 Å². The quantitative estimate of drug-likeness (QED) is 0.582. The van der Waals surface area contributed by atoms with Crippen molar-refractivity contribution in [2.75, 3.05) is 10.6 Å². The number of benzene rings is 1. The van der Waals surface area contributed by atoms with E-state index in [0.717, 1.165) is 5.56 Å². The summed E-state index contributed by atoms with van der Waals surface area (Å²) in [5, 5.41) is 6.26. The third-order valence-corrected chi connectivity index (χ3v) is 5.17. The molecule has 1 aromatic carbocycles. The van der Waals surface area contributed by atoms with Crippen LogP contribution >= 0.6 is 11.6 Å². The molecule has 0 aliphatic heterocycles. The van der Waals surface area contributed by atoms with E-state index >= 15 is 0 Å². The minimum atomic E-state index is -0.291. The molecule has 0 atom stereocenters. The fourth-order valence-electron chi connectivity index (χ4n) is 2.72. The molecule has 166 valence electrons. The summed E-state index contributed by atoms with van der Waals surface area (Å²) in [4.78, 5) is 33.3. The molecule has 0 aliphatic rings. The first-order valence-electron chi connectivity index (χ1n) is 10.4. The van der Waals surface area contributed by atoms with Gasteiger partial charge in [0.2, 0.25) is 17.8 Å². The molecule has 0 radical (unpaired) electrons. The zero-order valence-corrected chi connectivity index (χ0v) is 20.0. The highest BCUT2D eigenvalue weighted by molar-refractivity contribution is 6.30. The van der Waals surface area contributed by atoms with Crippen LogP contribution in [0.15, 0.2) is 30.3 Å². The van der Waals surface area contributed by atoms with Crippen LogP contribution < -0.4 is 10.6 Å². The molecular weight excluding hydrogens is 412 g/mol. The SMILES string of the molecule is Cc1nc(NC(=O)C(C)C)nc(NC(=O)C(C)C)c1C=CC(C)(C)c1ccc(Cl)cc1. The van der Waals surface area contributed by atoms with Gasteiger partial charge in [0.15, 0.2) is 0 Å². The van der Waals surface area contributed by atoms with Gasteiger partial charge in [0.05, 0.1) is 5.69 Å². The highest BCUT2D eigenvalue weighted by atomic mass is 35.5. The number of rotatable bonds is 7. The van der Waals surface area contributed by atoms with Crippen LogP contribution in [0, 0.1) is 18.8 Å². The van der Waals surface area contributed by atoms with E-state index in [1.165, 1.54) is 0 Å². The van der Waals surface area contributed by atoms with Gasteiger partial charge < -0.3 is 5.32 Å². The number of hydrogen-bond acceptors (Lipinski definition) is 4. The van der Waals surface area contributed by atoms with E-state index in [1.807, 2.05) is 57.2 Å². The third-order valence-electron chi connectivity index (χ3n) is 4.92. The molecule has 0 fully saturated rings. The van der Waals surface area contributed by atoms with Gasteiger partial charge in [-0.05, 0) is 24.6 Å². The number of amides is 2. The number of aryl methyl sites for hydroxylation is 1. The summed E-state index contributed by atoms with van der Waals surface area (Å²) < 4.78 is 0. The van der Waals surface area contributed by atoms with E-state index in [1.54, 1.807) is 13.8 Å². The van der Waals surface area contributed by atoms with Gasteiger partial charge in [-0.1, -0.05) is 77.4 Å². The minimum absolute atomic E-state index is 0.161. The smallest absolute Gasteiger partial charge is 0.231 e. The predicted octanol–water partition coefficient (Wildman–Crippen LogP) is 5.62. The van der Waals surface area contributed by atoms with Crippen LogP contribution in [0.4, 0.5) is 11.8 Å². The molecular formula is C24H31ClN4O2. The molecule has 0 spiro atoms. The number of nitrogens with zero attached hydrogens (tertiary/aromatic N) is 2. The van der Waals surface area contributed by atoms with Crippen molar-refractivity contribution in [3.63, 3.8) is 0 Å². The van der Waals surface area contributed by atoms with Crippen molar-refractivity contribution in [2.45, 2.75) is 53.9 Å². The highest BCUT2D eigenvalue weighted by Crippen LogP contribution is 2.29. The first-order valence-corrected chi connectivity index (χ1v) is 10.7. The van der Waals surface area contributed by atoms with Crippen LogP contribution in [0.1, 0.15) is 58.4 Å². The Morgan fingerprint density at radius 1 is 0.968 bits per heavy atom. The maximum absolute atomic E-state index is 12.4. The number of halogens is 1. The molecule has 0 unspecified atom stereocenters. The van der Waals surface area contributed by atoms with Gasteiger partial charge in [0.1, 0.15) is 5.82 Å². The van der Waals surface area contributed by atoms with Gasteiger partial charge in [-0.2, -0.15) is 4.98 Å². The fourth-order valence-corrected chi connectivity index (χ4v) is 2.84. The Balaban J connectivity index is 2.46. The molecule has 7 heteroatoms. The lowest BCUT2D eigenvalue weighted by Gasteiger charge is -2.21. The second-order valence-corrected chi connectivity index (χ2v) is 9.18. The van der Waals surface area contributed by atoms with Crippen molar-refractivity contribution in [1.82, 2.24) is 9.97 Å². The predicted molar refractivity (Wildman–Crippen MR) is 127 cm³/mol. The van der Waals surface area contributed by atoms with Gasteiger partial charge in [-0.25, -0.2) is 4.98 Å². The summed E-state index contributed by atoms with van der Waals surface area (Å²) >= 11 is 6.02. The summed E-state index contributed by atoms with van der Waals surface area (Å²) in [5.41, 5.74) is 2.15. The van der Waals surface area contributed by atoms with E-state index in [9.17, 15) is 9.59 Å². The molecule has 0 aliphatic carbocycles. The van der Waals surface area contributed by atoms with E-state index < -0.39 is 0 Å². The summed E-state index contributed by atoms with van der Waals surface area (Å²) in [5.74, 6) is -0.236. The summed E-state index contributed by atoms with van der Waals surface area (Å²) in [6, 6.07) is 7.70. The van der Waals surface area contributed by atoms with Gasteiger partial charge >= 0.3 is 0 Å². The van der Waals surface area contributed by atoms with E-state index in [-0.39, 0.29) is 35.0 Å². The number of allylic oxidation sites excluding steroid dienone is 1. The first-order chi connectivity index (χ1) is 14.4. The normalized spacial score (nSPS) is 11.9. The van der Waals surface area contributed by atoms with Gasteiger partial charge in [0, 0.05) is 27.8 Å². The van der Waals surface area contributed by atoms with Crippen LogP contribution in [-0.4, -0.2) is 21.8 Å². The van der Waals surface area contributed by atoms with Gasteiger partial charge in [-0.15, -0.1) is 0 Å². The van der Waals surface area contributed by atoms with Gasteiger partial charge in [0.25, 0.3) is 0 Å². The third kappa shape index (κ3) is 6.62. The molecule has 31 heavy (non-hydrogen) atoms. The Morgan fingerprint density at radius 2 is 1.52 bits per heavy atom. The van der Waals surface area contributed by atoms with Crippen molar-refractivity contribution >= 4 is 41.3 Å². The zero-order valence-electron chi connectivity index (χ0n) is 19.2. The lowest BCUT2D eigenvalue weighted by Crippen LogP contribution is -2.23. The standard InChI is InChI=1S/C24H31ClN4O2/c1-14(2)21(30)27-20-19(16(5)26-23(28-20)29-22(31)15(3)4)12-13-24(6,7)17-8-10-18(25)11-9-17/h8-15H,1-7H3,(H2,26,27,28,29,30,31). The Labute approximate surface area is 189 Å². The van der Waals surface area contributed by atoms with Crippen LogP contribution in [0.25, 0.3) is 6.08 Å². The molecule has 0 saturated heterocycles. The zero-order chi connectivity index (χ0) is 23.3. The molecule has 2 aromatic rings. The van der Waals surface area contributed by atoms with Crippen LogP contribution in [0.5, 0.6) is 0 Å². The van der Waals surface area contributed by atoms with Crippen molar-refractivity contribution in [1.29, 1.82) is 0 Å². The van der Waals surface area contributed by atoms with Crippen LogP contribution in [0.2, 0.25) is 5.02 Å². The monoisotopic (exact) mass is 442 g/mol. The highest BCUT2D eigenvalue weighted by Gasteiger charge is 2.20. The second-order valence-electron chi connectivity index (χ2n) is 8.74. The van der Waals surface area contributed by atoms with Crippen molar-refractivity contribution < 1.29 is 9.59 Å².